The Kier molecular flexibility index (Phi) is 4.88. The van der Waals surface area contributed by atoms with E-state index in [1.165, 1.54) is 28.9 Å². The fraction of sp³-hybridized carbons (Fsp3) is 0.150. The van der Waals surface area contributed by atoms with Crippen LogP contribution >= 0.6 is 0 Å². The predicted molar refractivity (Wildman–Crippen MR) is 111 cm³/mol. The van der Waals surface area contributed by atoms with E-state index in [0.29, 0.717) is 17.2 Å². The number of amides is 2. The van der Waals surface area contributed by atoms with Gasteiger partial charge in [-0.3, -0.25) is 9.59 Å². The molecule has 0 saturated heterocycles. The lowest BCUT2D eigenvalue weighted by Gasteiger charge is -2.24. The summed E-state index contributed by atoms with van der Waals surface area (Å²) in [6.07, 6.45) is -0.0660. The number of primary sulfonamides is 1. The van der Waals surface area contributed by atoms with Crippen molar-refractivity contribution in [3.8, 4) is 11.3 Å². The van der Waals surface area contributed by atoms with Crippen molar-refractivity contribution in [3.05, 3.63) is 60.2 Å². The summed E-state index contributed by atoms with van der Waals surface area (Å²) >= 11 is 0. The average Bonchev–Trinajstić information content (AvgIpc) is 3.04. The summed E-state index contributed by atoms with van der Waals surface area (Å²) < 4.78 is 24.3. The minimum absolute atomic E-state index is 0.0602. The number of nitrogens with one attached hydrogen (secondary N) is 2. The molecule has 2 heterocycles. The summed E-state index contributed by atoms with van der Waals surface area (Å²) in [6.45, 7) is 1.84. The monoisotopic (exact) mass is 425 g/mol. The number of benzene rings is 2. The SMILES string of the molecule is Cc1c(-c2ccccc2)nn2c1NC(=O)C[C@H]2C(=O)Nc1ccc(S(N)(=O)=O)cc1. The molecule has 0 saturated carbocycles. The number of carbonyl (C=O) groups is 2. The summed E-state index contributed by atoms with van der Waals surface area (Å²) in [5, 5.41) is 15.2. The topological polar surface area (TPSA) is 136 Å². The minimum Gasteiger partial charge on any atom is -0.324 e. The van der Waals surface area contributed by atoms with Gasteiger partial charge in [0.05, 0.1) is 17.0 Å². The number of anilines is 2. The zero-order valence-corrected chi connectivity index (χ0v) is 16.8. The van der Waals surface area contributed by atoms with Crippen molar-refractivity contribution < 1.29 is 18.0 Å². The molecular formula is C20H19N5O4S. The number of hydrogen-bond acceptors (Lipinski definition) is 5. The number of fused-ring (bicyclic) bond motifs is 1. The number of aromatic nitrogens is 2. The van der Waals surface area contributed by atoms with E-state index in [2.05, 4.69) is 15.7 Å². The maximum atomic E-state index is 12.9. The third kappa shape index (κ3) is 3.70. The van der Waals surface area contributed by atoms with E-state index in [1.807, 2.05) is 37.3 Å². The molecule has 1 atom stereocenters. The van der Waals surface area contributed by atoms with Crippen molar-refractivity contribution in [2.24, 2.45) is 5.14 Å². The Morgan fingerprint density at radius 3 is 2.47 bits per heavy atom. The summed E-state index contributed by atoms with van der Waals surface area (Å²) in [5.41, 5.74) is 2.71. The molecule has 0 bridgehead atoms. The van der Waals surface area contributed by atoms with Gasteiger partial charge < -0.3 is 10.6 Å². The molecule has 0 unspecified atom stereocenters. The maximum absolute atomic E-state index is 12.9. The van der Waals surface area contributed by atoms with Crippen molar-refractivity contribution in [2.45, 2.75) is 24.3 Å². The molecule has 1 aliphatic heterocycles. The summed E-state index contributed by atoms with van der Waals surface area (Å²) in [6, 6.07) is 14.1. The van der Waals surface area contributed by atoms with Crippen LogP contribution in [0.25, 0.3) is 11.3 Å². The summed E-state index contributed by atoms with van der Waals surface area (Å²) in [7, 11) is -3.82. The van der Waals surface area contributed by atoms with Crippen LogP contribution in [0.4, 0.5) is 11.5 Å². The maximum Gasteiger partial charge on any atom is 0.249 e. The van der Waals surface area contributed by atoms with Gasteiger partial charge in [0.2, 0.25) is 21.8 Å². The highest BCUT2D eigenvalue weighted by Gasteiger charge is 2.34. The molecule has 10 heteroatoms. The number of nitrogens with two attached hydrogens (primary N) is 1. The Bertz CT molecular complexity index is 1230. The molecule has 9 nitrogen and oxygen atoms in total. The Hall–Kier alpha value is -3.50. The smallest absolute Gasteiger partial charge is 0.249 e. The van der Waals surface area contributed by atoms with E-state index >= 15 is 0 Å². The molecule has 3 aromatic rings. The van der Waals surface area contributed by atoms with E-state index in [1.54, 1.807) is 0 Å². The van der Waals surface area contributed by atoms with Crippen LogP contribution in [0.5, 0.6) is 0 Å². The molecule has 30 heavy (non-hydrogen) atoms. The van der Waals surface area contributed by atoms with Crippen LogP contribution in [-0.4, -0.2) is 30.0 Å². The quantitative estimate of drug-likeness (QED) is 0.587. The highest BCUT2D eigenvalue weighted by Crippen LogP contribution is 2.34. The van der Waals surface area contributed by atoms with Gasteiger partial charge in [0.15, 0.2) is 0 Å². The molecule has 4 rings (SSSR count). The first-order chi connectivity index (χ1) is 14.2. The van der Waals surface area contributed by atoms with Crippen LogP contribution in [0, 0.1) is 6.92 Å². The van der Waals surface area contributed by atoms with Crippen LogP contribution in [0.15, 0.2) is 59.5 Å². The molecule has 1 aliphatic rings. The normalized spacial score (nSPS) is 15.9. The Balaban J connectivity index is 1.64. The van der Waals surface area contributed by atoms with E-state index in [0.717, 1.165) is 11.1 Å². The van der Waals surface area contributed by atoms with Gasteiger partial charge in [0.25, 0.3) is 0 Å². The van der Waals surface area contributed by atoms with Crippen molar-refractivity contribution in [2.75, 3.05) is 10.6 Å². The number of nitrogens with zero attached hydrogens (tertiary/aromatic N) is 2. The van der Waals surface area contributed by atoms with Crippen molar-refractivity contribution >= 4 is 33.3 Å². The molecule has 4 N–H and O–H groups in total. The van der Waals surface area contributed by atoms with E-state index in [4.69, 9.17) is 5.14 Å². The number of rotatable bonds is 4. The summed E-state index contributed by atoms with van der Waals surface area (Å²) in [4.78, 5) is 25.1. The van der Waals surface area contributed by atoms with Crippen LogP contribution in [0.2, 0.25) is 0 Å². The molecular weight excluding hydrogens is 406 g/mol. The lowest BCUT2D eigenvalue weighted by Crippen LogP contribution is -2.35. The zero-order chi connectivity index (χ0) is 21.5. The van der Waals surface area contributed by atoms with Crippen molar-refractivity contribution in [1.82, 2.24) is 9.78 Å². The molecule has 154 valence electrons. The van der Waals surface area contributed by atoms with Gasteiger partial charge in [-0.25, -0.2) is 18.2 Å². The van der Waals surface area contributed by atoms with Gasteiger partial charge in [-0.2, -0.15) is 5.10 Å². The molecule has 2 amide bonds. The number of carbonyl (C=O) groups excluding carboxylic acids is 2. The lowest BCUT2D eigenvalue weighted by atomic mass is 10.1. The standard InChI is InChI=1S/C20H19N5O4S/c1-12-18(13-5-3-2-4-6-13)24-25-16(11-17(26)23-19(12)25)20(27)22-14-7-9-15(10-8-14)30(21,28)29/h2-10,16H,11H2,1H3,(H,22,27)(H,23,26)(H2,21,28,29)/t16-/m0/s1. The van der Waals surface area contributed by atoms with Gasteiger partial charge in [-0.15, -0.1) is 0 Å². The van der Waals surface area contributed by atoms with Gasteiger partial charge in [0, 0.05) is 16.8 Å². The average molecular weight is 425 g/mol. The molecule has 1 aromatic heterocycles. The zero-order valence-electron chi connectivity index (χ0n) is 16.0. The number of sulfonamides is 1. The first-order valence-corrected chi connectivity index (χ1v) is 10.7. The molecule has 2 aromatic carbocycles. The molecule has 0 fully saturated rings. The third-order valence-corrected chi connectivity index (χ3v) is 5.81. The first-order valence-electron chi connectivity index (χ1n) is 9.12. The molecule has 0 aliphatic carbocycles. The molecule has 0 spiro atoms. The Labute approximate surface area is 172 Å². The lowest BCUT2D eigenvalue weighted by molar-refractivity contribution is -0.125. The van der Waals surface area contributed by atoms with E-state index < -0.39 is 22.0 Å². The molecule has 0 radical (unpaired) electrons. The van der Waals surface area contributed by atoms with Crippen LogP contribution in [-0.2, 0) is 19.6 Å². The second-order valence-corrected chi connectivity index (χ2v) is 8.52. The van der Waals surface area contributed by atoms with Crippen LogP contribution in [0.1, 0.15) is 18.0 Å². The first kappa shape index (κ1) is 19.8. The summed E-state index contributed by atoms with van der Waals surface area (Å²) in [5.74, 6) is -0.235. The van der Waals surface area contributed by atoms with Gasteiger partial charge in [-0.1, -0.05) is 30.3 Å². The van der Waals surface area contributed by atoms with Gasteiger partial charge in [0.1, 0.15) is 11.9 Å². The van der Waals surface area contributed by atoms with E-state index in [-0.39, 0.29) is 17.2 Å². The second kappa shape index (κ2) is 7.39. The largest absolute Gasteiger partial charge is 0.324 e. The fourth-order valence-electron chi connectivity index (χ4n) is 3.37. The van der Waals surface area contributed by atoms with E-state index in [9.17, 15) is 18.0 Å². The minimum atomic E-state index is -3.82. The number of hydrogen-bond donors (Lipinski definition) is 3. The van der Waals surface area contributed by atoms with Gasteiger partial charge in [-0.05, 0) is 31.2 Å². The third-order valence-electron chi connectivity index (χ3n) is 4.88. The Morgan fingerprint density at radius 1 is 1.17 bits per heavy atom. The highest BCUT2D eigenvalue weighted by atomic mass is 32.2. The van der Waals surface area contributed by atoms with Crippen molar-refractivity contribution in [1.29, 1.82) is 0 Å². The van der Waals surface area contributed by atoms with Crippen LogP contribution < -0.4 is 15.8 Å². The Morgan fingerprint density at radius 2 is 1.83 bits per heavy atom. The van der Waals surface area contributed by atoms with Crippen molar-refractivity contribution in [3.63, 3.8) is 0 Å². The highest BCUT2D eigenvalue weighted by molar-refractivity contribution is 7.89. The second-order valence-electron chi connectivity index (χ2n) is 6.96. The predicted octanol–water partition coefficient (Wildman–Crippen LogP) is 2.03. The fourth-order valence-corrected chi connectivity index (χ4v) is 3.88. The van der Waals surface area contributed by atoms with Gasteiger partial charge >= 0.3 is 0 Å². The van der Waals surface area contributed by atoms with Crippen LogP contribution in [0.3, 0.4) is 0 Å².